The summed E-state index contributed by atoms with van der Waals surface area (Å²) in [5.41, 5.74) is 9.96. The van der Waals surface area contributed by atoms with Crippen LogP contribution in [0.25, 0.3) is 0 Å². The predicted molar refractivity (Wildman–Crippen MR) is 343 cm³/mol. The number of phenols is 1. The van der Waals surface area contributed by atoms with Gasteiger partial charge in [0, 0.05) is 61.2 Å². The Morgan fingerprint density at radius 3 is 2.43 bits per heavy atom. The summed E-state index contributed by atoms with van der Waals surface area (Å²) >= 11 is 0. The monoisotopic (exact) mass is 1190 g/mol. The highest BCUT2D eigenvalue weighted by Gasteiger charge is 2.78. The van der Waals surface area contributed by atoms with Crippen LogP contribution in [0.1, 0.15) is 205 Å². The summed E-state index contributed by atoms with van der Waals surface area (Å²) in [6, 6.07) is 12.3. The van der Waals surface area contributed by atoms with Gasteiger partial charge in [0.25, 0.3) is 0 Å². The molecular weight excluding hydrogens is 1080 g/mol. The number of unbranched alkanes of at least 4 members (excludes halogenated alkanes) is 2. The number of aliphatic hydroxyl groups excluding tert-OH is 3. The number of nitrogens with one attached hydrogen (secondary N) is 2. The first-order chi connectivity index (χ1) is 41.6. The minimum Gasteiger partial charge on any atom is -0.508 e. The zero-order valence-electron chi connectivity index (χ0n) is 54.2. The van der Waals surface area contributed by atoms with Gasteiger partial charge in [-0.25, -0.2) is 0 Å². The Labute approximate surface area is 521 Å². The maximum Gasteiger partial charge on any atom is 0.160 e. The van der Waals surface area contributed by atoms with Crippen LogP contribution in [-0.2, 0) is 27.3 Å². The molecule has 23 atom stereocenters. The van der Waals surface area contributed by atoms with E-state index in [1.807, 2.05) is 26.1 Å². The second-order valence-electron chi connectivity index (χ2n) is 32.5. The summed E-state index contributed by atoms with van der Waals surface area (Å²) in [7, 11) is 1.92. The quantitative estimate of drug-likeness (QED) is 0.0366. The fourth-order valence-corrected chi connectivity index (χ4v) is 24.3. The summed E-state index contributed by atoms with van der Waals surface area (Å²) in [6.07, 6.45) is 25.4. The first-order valence-electron chi connectivity index (χ1n) is 35.2. The van der Waals surface area contributed by atoms with E-state index in [0.29, 0.717) is 51.1 Å². The van der Waals surface area contributed by atoms with E-state index in [1.54, 1.807) is 0 Å². The van der Waals surface area contributed by atoms with Crippen molar-refractivity contribution in [3.63, 3.8) is 0 Å². The van der Waals surface area contributed by atoms with E-state index in [4.69, 9.17) is 10.5 Å². The highest BCUT2D eigenvalue weighted by atomic mass is 16.6. The SMILES string of the molecule is CCCCC[C@@H]1C[C@H]2CC[C@H](CO)[C@H]3C=C[C@H]([C@@H](O)[C@H]4O[C@]4(C)[C@@H]4CCC[C@H]4c4cc(N)cc(CC(C)C)c4)[C@H](C4=C5CC[C@@H]6[C@]7(C)[C@H]8C=CC[C@]9(CCCC[C@](C)(O)CN[C@H](C[C@]6([C@H]1CO)[C@@]5(C)CC4=O)[C@@H]97)C(=O)[C@@H]8c1cc(O)cc(CNC)c1)[C@H]23. The number of β-amino-alcohol motifs (C(OH)–C–C–N with tert-alkyl or cyclic N) is 1. The molecular formula is C76H109N3O8. The van der Waals surface area contributed by atoms with Crippen LogP contribution in [0, 0.1) is 98.6 Å². The number of nitrogens with two attached hydrogens (primary N) is 1. The zero-order chi connectivity index (χ0) is 61.3. The molecule has 2 aromatic carbocycles. The number of ketones is 2. The fourth-order valence-electron chi connectivity index (χ4n) is 24.3. The van der Waals surface area contributed by atoms with Crippen LogP contribution in [-0.4, -0.2) is 93.4 Å². The number of ether oxygens (including phenoxy) is 1. The number of aliphatic hydroxyl groups is 4. The van der Waals surface area contributed by atoms with Gasteiger partial charge in [-0.2, -0.15) is 0 Å². The second kappa shape index (κ2) is 23.2. The molecule has 2 aromatic rings. The minimum absolute atomic E-state index is 0.00196. The summed E-state index contributed by atoms with van der Waals surface area (Å²) in [5.74, 6) is 0.364. The van der Waals surface area contributed by atoms with Crippen LogP contribution in [0.2, 0.25) is 0 Å². The number of fused-ring (bicyclic) bond motifs is 3. The third kappa shape index (κ3) is 9.76. The van der Waals surface area contributed by atoms with Crippen LogP contribution in [0.15, 0.2) is 71.8 Å². The molecule has 9 N–H and O–H groups in total. The van der Waals surface area contributed by atoms with E-state index in [-0.39, 0.29) is 114 Å². The Balaban J connectivity index is 0.988. The Morgan fingerprint density at radius 2 is 1.67 bits per heavy atom. The van der Waals surface area contributed by atoms with Gasteiger partial charge in [-0.3, -0.25) is 9.59 Å². The molecule has 0 amide bonds. The third-order valence-electron chi connectivity index (χ3n) is 27.4. The number of allylic oxidation sites excluding steroid dienone is 5. The molecule has 2 saturated heterocycles. The van der Waals surface area contributed by atoms with Gasteiger partial charge in [-0.1, -0.05) is 122 Å². The van der Waals surface area contributed by atoms with E-state index in [2.05, 4.69) is 101 Å². The van der Waals surface area contributed by atoms with Gasteiger partial charge in [0.15, 0.2) is 5.78 Å². The van der Waals surface area contributed by atoms with Crippen LogP contribution in [0.5, 0.6) is 5.75 Å². The number of hydrogen-bond acceptors (Lipinski definition) is 11. The van der Waals surface area contributed by atoms with Crippen molar-refractivity contribution >= 4 is 17.3 Å². The summed E-state index contributed by atoms with van der Waals surface area (Å²) in [6.45, 7) is 17.1. The van der Waals surface area contributed by atoms with E-state index in [9.17, 15) is 25.5 Å². The van der Waals surface area contributed by atoms with Crippen LogP contribution in [0.4, 0.5) is 5.69 Å². The molecule has 12 aliphatic rings. The molecule has 0 unspecified atom stereocenters. The average molecular weight is 1190 g/mol. The van der Waals surface area contributed by atoms with Crippen molar-refractivity contribution in [2.45, 2.75) is 225 Å². The molecule has 0 aromatic heterocycles. The number of anilines is 1. The first-order valence-corrected chi connectivity index (χ1v) is 35.2. The Morgan fingerprint density at radius 1 is 0.874 bits per heavy atom. The lowest BCUT2D eigenvalue weighted by molar-refractivity contribution is -0.243. The minimum atomic E-state index is -0.974. The van der Waals surface area contributed by atoms with Crippen molar-refractivity contribution in [3.05, 3.63) is 94.1 Å². The number of carbonyl (C=O) groups excluding carboxylic acids is 2. The molecule has 2 spiro atoms. The Bertz CT molecular complexity index is 3040. The largest absolute Gasteiger partial charge is 0.508 e. The molecule has 11 heteroatoms. The van der Waals surface area contributed by atoms with Gasteiger partial charge < -0.3 is 46.6 Å². The van der Waals surface area contributed by atoms with Crippen molar-refractivity contribution < 1.29 is 39.9 Å². The lowest BCUT2D eigenvalue weighted by atomic mass is 9.29. The van der Waals surface area contributed by atoms with Crippen molar-refractivity contribution in [3.8, 4) is 5.75 Å². The number of carbonyl (C=O) groups is 2. The highest BCUT2D eigenvalue weighted by Crippen LogP contribution is 2.81. The number of nitrogen functional groups attached to an aromatic ring is 1. The van der Waals surface area contributed by atoms with Gasteiger partial charge in [0.05, 0.1) is 23.2 Å². The number of rotatable bonds is 15. The molecule has 7 fully saturated rings. The lowest BCUT2D eigenvalue weighted by Crippen LogP contribution is -2.75. The first kappa shape index (κ1) is 62.1. The third-order valence-corrected chi connectivity index (χ3v) is 27.4. The normalized spacial score (nSPS) is 44.9. The van der Waals surface area contributed by atoms with Gasteiger partial charge in [-0.15, -0.1) is 0 Å². The molecule has 2 heterocycles. The fraction of sp³-hybridized carbons (Fsp3) is 0.737. The lowest BCUT2D eigenvalue weighted by Gasteiger charge is -2.75. The molecule has 87 heavy (non-hydrogen) atoms. The van der Waals surface area contributed by atoms with Crippen LogP contribution in [0.3, 0.4) is 0 Å². The van der Waals surface area contributed by atoms with Crippen LogP contribution < -0.4 is 16.4 Å². The van der Waals surface area contributed by atoms with Gasteiger partial charge in [0.1, 0.15) is 17.6 Å². The van der Waals surface area contributed by atoms with Gasteiger partial charge >= 0.3 is 0 Å². The molecule has 6 bridgehead atoms. The molecule has 2 aliphatic heterocycles. The Hall–Kier alpha value is -3.68. The summed E-state index contributed by atoms with van der Waals surface area (Å²) in [5, 5.41) is 69.5. The molecule has 0 radical (unpaired) electrons. The standard InChI is InChI=1S/C76H109N3O8/c1-9-10-11-16-46-34-47-20-21-48(40-80)54-22-23-55(67(84)70-74(7,87-70)56-18-14-17-53(56)49-30-44(29-43(2)3)32-51(77)35-49)65(63(47)54)66-57-24-25-62-73(6)58-19-15-28-75(69(85)64(58)50-31-45(39-78-8)33-52(82)36-50)27-13-12-26-71(4,86)42-79-60(68(73)75)37-76(62,59(46)41-81)72(57,5)38-61(66)83/h15,19,22-23,30-33,35-36,43,46-48,53-56,58-60,62-65,67-68,70,78-82,84,86H,9-14,16-18,20-21,24-29,34,37-42,77H2,1-8H3/t46-,47-,48-,53+,54-,55+,56-,58+,59+,60-,62-,63-,64-,65+,67-,68-,70-,71+,72+,73+,74-,75+,76-/m1/s1. The van der Waals surface area contributed by atoms with Crippen LogP contribution >= 0.6 is 0 Å². The van der Waals surface area contributed by atoms with Crippen molar-refractivity contribution in [2.24, 2.45) is 98.6 Å². The van der Waals surface area contributed by atoms with E-state index in [1.165, 1.54) is 16.7 Å². The van der Waals surface area contributed by atoms with Crippen molar-refractivity contribution in [1.29, 1.82) is 0 Å². The molecule has 10 aliphatic carbocycles. The molecule has 14 rings (SSSR count). The van der Waals surface area contributed by atoms with Crippen molar-refractivity contribution in [1.82, 2.24) is 10.6 Å². The summed E-state index contributed by atoms with van der Waals surface area (Å²) in [4.78, 5) is 33.1. The predicted octanol–water partition coefficient (Wildman–Crippen LogP) is 12.5. The maximum absolute atomic E-state index is 16.6. The topological polar surface area (TPSA) is 198 Å². The van der Waals surface area contributed by atoms with E-state index < -0.39 is 51.0 Å². The molecule has 476 valence electrons. The van der Waals surface area contributed by atoms with E-state index in [0.717, 1.165) is 119 Å². The number of epoxide rings is 1. The highest BCUT2D eigenvalue weighted by molar-refractivity contribution is 6.01. The van der Waals surface area contributed by atoms with Gasteiger partial charge in [0.2, 0.25) is 0 Å². The summed E-state index contributed by atoms with van der Waals surface area (Å²) < 4.78 is 7.08. The number of aromatic hydroxyl groups is 1. The number of benzene rings is 2. The number of hydrogen-bond donors (Lipinski definition) is 8. The van der Waals surface area contributed by atoms with Crippen molar-refractivity contribution in [2.75, 3.05) is 32.5 Å². The Kier molecular flexibility index (Phi) is 16.5. The number of phenolic OH excluding ortho intramolecular Hbond substituents is 1. The average Bonchev–Trinajstić information content (AvgIpc) is 1.64. The second-order valence-corrected chi connectivity index (χ2v) is 32.5. The van der Waals surface area contributed by atoms with E-state index >= 15 is 9.59 Å². The van der Waals surface area contributed by atoms with Gasteiger partial charge in [-0.05, 0) is 238 Å². The molecule has 5 saturated carbocycles. The zero-order valence-corrected chi connectivity index (χ0v) is 54.2. The molecule has 11 nitrogen and oxygen atoms in total. The maximum atomic E-state index is 16.6. The smallest absolute Gasteiger partial charge is 0.160 e. The number of Topliss-reactive ketones (excluding diaryl/α,β-unsaturated/α-hetero) is 2.